The van der Waals surface area contributed by atoms with Crippen molar-refractivity contribution in [1.82, 2.24) is 0 Å². The van der Waals surface area contributed by atoms with Crippen LogP contribution in [0.4, 0.5) is 0 Å². The molecule has 6 radical (unpaired) electrons. The van der Waals surface area contributed by atoms with Crippen molar-refractivity contribution in [3.8, 4) is 0 Å². The molecule has 0 saturated carbocycles. The Kier molecular flexibility index (Phi) is 189. The monoisotopic (exact) mass is 630 g/mol. The van der Waals surface area contributed by atoms with Crippen LogP contribution in [0.3, 0.4) is 0 Å². The minimum absolute atomic E-state index is 0. The van der Waals surface area contributed by atoms with Crippen molar-refractivity contribution in [3.05, 3.63) is 0 Å². The Balaban J connectivity index is 0. The first-order valence-corrected chi connectivity index (χ1v) is 0. The Hall–Kier alpha value is 3.72. The first-order chi connectivity index (χ1) is 0. The van der Waals surface area contributed by atoms with Gasteiger partial charge >= 0.3 is 23.9 Å². The first-order valence-electron chi connectivity index (χ1n) is 0. The molecule has 0 N–H and O–H groups in total. The van der Waals surface area contributed by atoms with Gasteiger partial charge in [-0.2, -0.15) is 0 Å². The molecule has 34 valence electrons. The van der Waals surface area contributed by atoms with Gasteiger partial charge in [-0.1, -0.05) is 0 Å². The second-order valence-corrected chi connectivity index (χ2v) is 0. The molecule has 0 bridgehead atoms. The van der Waals surface area contributed by atoms with E-state index in [9.17, 15) is 0 Å². The number of hydrogen-bond donors (Lipinski definition) is 0. The summed E-state index contributed by atoms with van der Waals surface area (Å²) in [4.78, 5) is 0. The molecule has 0 spiro atoms. The van der Waals surface area contributed by atoms with Gasteiger partial charge < -0.3 is 0 Å². The average Bonchev–Trinajstić information content (AvgIpc) is 0. The fraction of sp³-hybridized carbons (Fsp3) is 0. The van der Waals surface area contributed by atoms with Gasteiger partial charge in [0.15, 0.2) is 0 Å². The Morgan fingerprint density at radius 1 is 0.400 bits per heavy atom. The van der Waals surface area contributed by atoms with Crippen LogP contribution in [0.5, 0.6) is 0 Å². The molecule has 0 aromatic carbocycles. The SMILES string of the molecule is [I].[I].[I].[I].[SnH2]. The van der Waals surface area contributed by atoms with Crippen molar-refractivity contribution in [1.29, 1.82) is 0 Å². The third-order valence-corrected chi connectivity index (χ3v) is 0. The molecular weight excluding hydrogens is 626 g/mol. The van der Waals surface area contributed by atoms with Crippen LogP contribution in [-0.2, 0) is 0 Å². The zero-order valence-electron chi connectivity index (χ0n) is 2.22. The fourth-order valence-electron chi connectivity index (χ4n) is 0. The number of hydrogen-bond acceptors (Lipinski definition) is 0. The van der Waals surface area contributed by atoms with Gasteiger partial charge in [0, 0.05) is 95.9 Å². The Morgan fingerprint density at radius 3 is 0.400 bits per heavy atom. The fourth-order valence-corrected chi connectivity index (χ4v) is 0. The Morgan fingerprint density at radius 2 is 0.400 bits per heavy atom. The van der Waals surface area contributed by atoms with Gasteiger partial charge in [0.25, 0.3) is 0 Å². The summed E-state index contributed by atoms with van der Waals surface area (Å²) < 4.78 is 0. The molecule has 0 fully saturated rings. The third-order valence-electron chi connectivity index (χ3n) is 0. The van der Waals surface area contributed by atoms with E-state index in [1.54, 1.807) is 0 Å². The van der Waals surface area contributed by atoms with Gasteiger partial charge in [-0.05, 0) is 0 Å². The maximum absolute atomic E-state index is 0. The summed E-state index contributed by atoms with van der Waals surface area (Å²) in [5.41, 5.74) is 0. The van der Waals surface area contributed by atoms with Crippen LogP contribution in [0.1, 0.15) is 0 Å². The van der Waals surface area contributed by atoms with Crippen molar-refractivity contribution in [3.63, 3.8) is 0 Å². The summed E-state index contributed by atoms with van der Waals surface area (Å²) in [6.45, 7) is 0. The minimum atomic E-state index is 0. The molecule has 0 rings (SSSR count). The molecule has 0 amide bonds. The van der Waals surface area contributed by atoms with Crippen LogP contribution < -0.4 is 0 Å². The third kappa shape index (κ3) is 18.3. The van der Waals surface area contributed by atoms with Crippen LogP contribution in [-0.4, -0.2) is 23.9 Å². The summed E-state index contributed by atoms with van der Waals surface area (Å²) in [6.07, 6.45) is 0. The van der Waals surface area contributed by atoms with Crippen LogP contribution in [0.2, 0.25) is 0 Å². The molecule has 0 aliphatic heterocycles. The van der Waals surface area contributed by atoms with Gasteiger partial charge in [-0.15, -0.1) is 0 Å². The van der Waals surface area contributed by atoms with Crippen molar-refractivity contribution in [2.24, 2.45) is 0 Å². The Bertz CT molecular complexity index is 3.61. The quantitative estimate of drug-likeness (QED) is 0.286. The molecule has 0 unspecified atom stereocenters. The van der Waals surface area contributed by atoms with E-state index in [0.29, 0.717) is 0 Å². The molecule has 0 saturated heterocycles. The van der Waals surface area contributed by atoms with E-state index in [1.165, 1.54) is 0 Å². The topological polar surface area (TPSA) is 0 Å². The van der Waals surface area contributed by atoms with E-state index in [-0.39, 0.29) is 120 Å². The van der Waals surface area contributed by atoms with Gasteiger partial charge in [0.05, 0.1) is 0 Å². The average molecular weight is 628 g/mol. The zero-order chi connectivity index (χ0) is 0. The zero-order valence-corrected chi connectivity index (χ0v) is 14.9. The van der Waals surface area contributed by atoms with Gasteiger partial charge in [0.1, 0.15) is 0 Å². The van der Waals surface area contributed by atoms with Crippen LogP contribution in [0.25, 0.3) is 0 Å². The van der Waals surface area contributed by atoms with Crippen molar-refractivity contribution in [2.75, 3.05) is 0 Å². The normalized spacial score (nSPS) is 0. The summed E-state index contributed by atoms with van der Waals surface area (Å²) in [6, 6.07) is 0. The van der Waals surface area contributed by atoms with Crippen LogP contribution in [0, 0.1) is 0 Å². The second-order valence-electron chi connectivity index (χ2n) is 0. The summed E-state index contributed by atoms with van der Waals surface area (Å²) >= 11 is 0. The molecule has 5 heavy (non-hydrogen) atoms. The predicted octanol–water partition coefficient (Wildman–Crippen LogP) is 2.63. The van der Waals surface area contributed by atoms with Crippen LogP contribution >= 0.6 is 95.9 Å². The van der Waals surface area contributed by atoms with E-state index in [0.717, 1.165) is 0 Å². The van der Waals surface area contributed by atoms with E-state index < -0.39 is 0 Å². The first kappa shape index (κ1) is 37.6. The molecular formula is H2I4Sn. The van der Waals surface area contributed by atoms with Gasteiger partial charge in [0.2, 0.25) is 0 Å². The standard InChI is InChI=1S/4I.Sn.2H. The molecule has 0 heterocycles. The number of halogens is 4. The van der Waals surface area contributed by atoms with Crippen LogP contribution in [0.15, 0.2) is 0 Å². The van der Waals surface area contributed by atoms with E-state index >= 15 is 0 Å². The molecule has 0 aromatic heterocycles. The Labute approximate surface area is 117 Å². The predicted molar refractivity (Wildman–Crippen MR) is 64.6 cm³/mol. The molecule has 0 aromatic rings. The van der Waals surface area contributed by atoms with Crippen molar-refractivity contribution >= 4 is 120 Å². The molecule has 0 atom stereocenters. The summed E-state index contributed by atoms with van der Waals surface area (Å²) in [5.74, 6) is 0. The summed E-state index contributed by atoms with van der Waals surface area (Å²) in [7, 11) is 0. The molecule has 0 aliphatic rings. The molecule has 0 aliphatic carbocycles. The maximum atomic E-state index is 0. The van der Waals surface area contributed by atoms with E-state index in [2.05, 4.69) is 0 Å². The molecule has 0 nitrogen and oxygen atoms in total. The van der Waals surface area contributed by atoms with Crippen molar-refractivity contribution in [2.45, 2.75) is 0 Å². The van der Waals surface area contributed by atoms with Gasteiger partial charge in [-0.25, -0.2) is 0 Å². The second kappa shape index (κ2) is 25.2. The van der Waals surface area contributed by atoms with E-state index in [1.807, 2.05) is 0 Å². The number of rotatable bonds is 0. The van der Waals surface area contributed by atoms with E-state index in [4.69, 9.17) is 0 Å². The van der Waals surface area contributed by atoms with Gasteiger partial charge in [-0.3, -0.25) is 0 Å². The molecule has 5 heteroatoms. The summed E-state index contributed by atoms with van der Waals surface area (Å²) in [5, 5.41) is 0. The van der Waals surface area contributed by atoms with Crippen molar-refractivity contribution < 1.29 is 0 Å².